The van der Waals surface area contributed by atoms with E-state index in [-0.39, 0.29) is 4.90 Å². The van der Waals surface area contributed by atoms with Crippen LogP contribution in [0.4, 0.5) is 4.39 Å². The highest BCUT2D eigenvalue weighted by atomic mass is 32.2. The third-order valence-corrected chi connectivity index (χ3v) is 2.64. The highest BCUT2D eigenvalue weighted by molar-refractivity contribution is 7.91. The van der Waals surface area contributed by atoms with Crippen molar-refractivity contribution >= 4 is 9.84 Å². The number of aliphatic hydroxyl groups is 1. The molecule has 66 valence electrons. The van der Waals surface area contributed by atoms with Crippen molar-refractivity contribution in [3.63, 3.8) is 0 Å². The van der Waals surface area contributed by atoms with Crippen molar-refractivity contribution in [3.8, 4) is 0 Å². The van der Waals surface area contributed by atoms with Gasteiger partial charge in [0.05, 0.1) is 4.90 Å². The van der Waals surface area contributed by atoms with Crippen LogP contribution in [0.2, 0.25) is 0 Å². The van der Waals surface area contributed by atoms with E-state index in [1.54, 1.807) is 0 Å². The lowest BCUT2D eigenvalue weighted by Crippen LogP contribution is -2.05. The van der Waals surface area contributed by atoms with Crippen LogP contribution in [0.1, 0.15) is 0 Å². The van der Waals surface area contributed by atoms with Gasteiger partial charge in [-0.3, -0.25) is 0 Å². The third kappa shape index (κ3) is 1.80. The highest BCUT2D eigenvalue weighted by Crippen LogP contribution is 2.11. The number of aliphatic hydroxyl groups excluding tert-OH is 1. The van der Waals surface area contributed by atoms with Gasteiger partial charge in [0.2, 0.25) is 9.84 Å². The van der Waals surface area contributed by atoms with E-state index in [4.69, 9.17) is 5.11 Å². The molecule has 1 rings (SSSR count). The fraction of sp³-hybridized carbons (Fsp3) is 0.143. The average molecular weight is 190 g/mol. The normalized spacial score (nSPS) is 11.5. The molecule has 0 unspecified atom stereocenters. The van der Waals surface area contributed by atoms with Crippen molar-refractivity contribution in [1.82, 2.24) is 0 Å². The number of hydrogen-bond donors (Lipinski definition) is 1. The van der Waals surface area contributed by atoms with E-state index in [0.717, 1.165) is 12.1 Å². The molecule has 0 aliphatic heterocycles. The Kier molecular flexibility index (Phi) is 2.44. The molecule has 0 radical (unpaired) electrons. The summed E-state index contributed by atoms with van der Waals surface area (Å²) >= 11 is 0. The molecular weight excluding hydrogens is 183 g/mol. The van der Waals surface area contributed by atoms with Crippen molar-refractivity contribution < 1.29 is 17.9 Å². The smallest absolute Gasteiger partial charge is 0.202 e. The van der Waals surface area contributed by atoms with Crippen LogP contribution < -0.4 is 0 Å². The van der Waals surface area contributed by atoms with Crippen LogP contribution in [0.3, 0.4) is 0 Å². The topological polar surface area (TPSA) is 54.4 Å². The molecule has 0 saturated heterocycles. The Hall–Kier alpha value is -0.940. The Morgan fingerprint density at radius 1 is 1.42 bits per heavy atom. The summed E-state index contributed by atoms with van der Waals surface area (Å²) in [5.41, 5.74) is 0. The summed E-state index contributed by atoms with van der Waals surface area (Å²) in [6.45, 7) is 0. The fourth-order valence-corrected chi connectivity index (χ4v) is 1.46. The van der Waals surface area contributed by atoms with Gasteiger partial charge in [0.25, 0.3) is 0 Å². The number of halogens is 1. The highest BCUT2D eigenvalue weighted by Gasteiger charge is 2.12. The molecule has 1 N–H and O–H groups in total. The monoisotopic (exact) mass is 190 g/mol. The van der Waals surface area contributed by atoms with E-state index in [0.29, 0.717) is 0 Å². The van der Waals surface area contributed by atoms with E-state index in [1.807, 2.05) is 0 Å². The Morgan fingerprint density at radius 3 is 2.58 bits per heavy atom. The first-order chi connectivity index (χ1) is 5.56. The van der Waals surface area contributed by atoms with E-state index in [1.165, 1.54) is 12.1 Å². The van der Waals surface area contributed by atoms with Crippen LogP contribution in [-0.2, 0) is 9.84 Å². The summed E-state index contributed by atoms with van der Waals surface area (Å²) in [5, 5.41) is 8.43. The van der Waals surface area contributed by atoms with E-state index in [9.17, 15) is 12.8 Å². The third-order valence-electron chi connectivity index (χ3n) is 1.33. The fourth-order valence-electron chi connectivity index (χ4n) is 0.735. The lowest BCUT2D eigenvalue weighted by molar-refractivity contribution is 0.358. The second-order valence-corrected chi connectivity index (χ2v) is 4.16. The maximum absolute atomic E-state index is 12.5. The van der Waals surface area contributed by atoms with E-state index in [2.05, 4.69) is 0 Å². The van der Waals surface area contributed by atoms with Crippen molar-refractivity contribution in [2.24, 2.45) is 0 Å². The summed E-state index contributed by atoms with van der Waals surface area (Å²) in [6.07, 6.45) is 0. The summed E-state index contributed by atoms with van der Waals surface area (Å²) in [6, 6.07) is 4.51. The lowest BCUT2D eigenvalue weighted by Gasteiger charge is -1.98. The van der Waals surface area contributed by atoms with Gasteiger partial charge in [-0.15, -0.1) is 0 Å². The predicted molar refractivity (Wildman–Crippen MR) is 40.7 cm³/mol. The number of benzene rings is 1. The molecule has 0 aromatic heterocycles. The maximum atomic E-state index is 12.5. The van der Waals surface area contributed by atoms with Gasteiger partial charge >= 0.3 is 0 Å². The van der Waals surface area contributed by atoms with Crippen LogP contribution in [0, 0.1) is 5.82 Å². The van der Waals surface area contributed by atoms with Gasteiger partial charge in [-0.05, 0) is 18.2 Å². The molecule has 0 bridgehead atoms. The molecule has 0 fully saturated rings. The van der Waals surface area contributed by atoms with Gasteiger partial charge in [-0.25, -0.2) is 12.8 Å². The van der Waals surface area contributed by atoms with Gasteiger partial charge < -0.3 is 5.11 Å². The SMILES string of the molecule is O=S(=O)(CO)c1cccc(F)c1. The minimum absolute atomic E-state index is 0.204. The Morgan fingerprint density at radius 2 is 2.08 bits per heavy atom. The van der Waals surface area contributed by atoms with E-state index >= 15 is 0 Å². The summed E-state index contributed by atoms with van der Waals surface area (Å²) < 4.78 is 34.4. The molecule has 0 spiro atoms. The number of sulfone groups is 1. The van der Waals surface area contributed by atoms with Crippen LogP contribution in [0.15, 0.2) is 29.2 Å². The zero-order valence-electron chi connectivity index (χ0n) is 6.07. The van der Waals surface area contributed by atoms with Gasteiger partial charge in [-0.2, -0.15) is 0 Å². The summed E-state index contributed by atoms with van der Waals surface area (Å²) in [7, 11) is -3.71. The van der Waals surface area contributed by atoms with Crippen molar-refractivity contribution in [2.75, 3.05) is 5.94 Å². The second kappa shape index (κ2) is 3.20. The van der Waals surface area contributed by atoms with Crippen molar-refractivity contribution in [3.05, 3.63) is 30.1 Å². The minimum atomic E-state index is -3.71. The minimum Gasteiger partial charge on any atom is -0.380 e. The van der Waals surface area contributed by atoms with Crippen LogP contribution >= 0.6 is 0 Å². The summed E-state index contributed by atoms with van der Waals surface area (Å²) in [5.74, 6) is -1.64. The van der Waals surface area contributed by atoms with Crippen LogP contribution in [-0.4, -0.2) is 19.5 Å². The maximum Gasteiger partial charge on any atom is 0.202 e. The largest absolute Gasteiger partial charge is 0.380 e. The molecule has 0 saturated carbocycles. The molecule has 1 aromatic rings. The Bertz CT molecular complexity index is 372. The summed E-state index contributed by atoms with van der Waals surface area (Å²) in [4.78, 5) is -0.204. The first-order valence-corrected chi connectivity index (χ1v) is 4.80. The Balaban J connectivity index is 3.21. The molecule has 0 aliphatic carbocycles. The molecule has 0 atom stereocenters. The molecule has 0 heterocycles. The Labute approximate surface area is 69.4 Å². The van der Waals surface area contributed by atoms with Crippen LogP contribution in [0.25, 0.3) is 0 Å². The first-order valence-electron chi connectivity index (χ1n) is 3.15. The predicted octanol–water partition coefficient (Wildman–Crippen LogP) is 0.549. The molecule has 0 amide bonds. The van der Waals surface area contributed by atoms with E-state index < -0.39 is 21.6 Å². The molecule has 3 nitrogen and oxygen atoms in total. The average Bonchev–Trinajstić information content (AvgIpc) is 2.05. The number of hydrogen-bond acceptors (Lipinski definition) is 3. The first kappa shape index (κ1) is 9.15. The number of rotatable bonds is 2. The van der Waals surface area contributed by atoms with Crippen molar-refractivity contribution in [2.45, 2.75) is 4.90 Å². The second-order valence-electron chi connectivity index (χ2n) is 2.20. The standard InChI is InChI=1S/C7H7FO3S/c8-6-2-1-3-7(4-6)12(10,11)5-9/h1-4,9H,5H2. The van der Waals surface area contributed by atoms with Crippen LogP contribution in [0.5, 0.6) is 0 Å². The molecular formula is C7H7FO3S. The van der Waals surface area contributed by atoms with Gasteiger partial charge in [0.1, 0.15) is 11.8 Å². The quantitative estimate of drug-likeness (QED) is 0.740. The molecule has 5 heteroatoms. The van der Waals surface area contributed by atoms with Crippen molar-refractivity contribution in [1.29, 1.82) is 0 Å². The zero-order chi connectivity index (χ0) is 9.19. The lowest BCUT2D eigenvalue weighted by atomic mass is 10.4. The molecule has 1 aromatic carbocycles. The van der Waals surface area contributed by atoms with Gasteiger partial charge in [-0.1, -0.05) is 6.07 Å². The molecule has 12 heavy (non-hydrogen) atoms. The van der Waals surface area contributed by atoms with Gasteiger partial charge in [0, 0.05) is 0 Å². The molecule has 0 aliphatic rings. The van der Waals surface area contributed by atoms with Gasteiger partial charge in [0.15, 0.2) is 0 Å². The zero-order valence-corrected chi connectivity index (χ0v) is 6.88.